The Kier molecular flexibility index (Phi) is 4.51. The summed E-state index contributed by atoms with van der Waals surface area (Å²) in [7, 11) is 0. The summed E-state index contributed by atoms with van der Waals surface area (Å²) in [4.78, 5) is 4.37. The lowest BCUT2D eigenvalue weighted by molar-refractivity contribution is 0.452. The van der Waals surface area contributed by atoms with Crippen LogP contribution in [-0.4, -0.2) is 11.0 Å². The minimum absolute atomic E-state index is 0.686. The SMILES string of the molecule is CCCc1ccc(Oc2ncccc2CNC2CC2)cc1. The number of nitrogens with zero attached hydrogens (tertiary/aromatic N) is 1. The number of pyridine rings is 1. The number of aromatic nitrogens is 1. The van der Waals surface area contributed by atoms with Crippen molar-refractivity contribution in [1.29, 1.82) is 0 Å². The van der Waals surface area contributed by atoms with Gasteiger partial charge in [0.1, 0.15) is 5.75 Å². The maximum atomic E-state index is 5.94. The molecule has 2 aromatic rings. The average Bonchev–Trinajstić information content (AvgIpc) is 3.33. The van der Waals surface area contributed by atoms with Crippen molar-refractivity contribution in [3.63, 3.8) is 0 Å². The summed E-state index contributed by atoms with van der Waals surface area (Å²) in [5.74, 6) is 1.55. The summed E-state index contributed by atoms with van der Waals surface area (Å²) in [5.41, 5.74) is 2.46. The van der Waals surface area contributed by atoms with E-state index in [1.54, 1.807) is 6.20 Å². The summed E-state index contributed by atoms with van der Waals surface area (Å²) in [6, 6.07) is 13.0. The number of rotatable bonds is 7. The Hall–Kier alpha value is -1.87. The third-order valence-electron chi connectivity index (χ3n) is 3.69. The first kappa shape index (κ1) is 14.1. The highest BCUT2D eigenvalue weighted by molar-refractivity contribution is 5.34. The molecule has 0 unspecified atom stereocenters. The fraction of sp³-hybridized carbons (Fsp3) is 0.389. The number of nitrogens with one attached hydrogen (secondary N) is 1. The van der Waals surface area contributed by atoms with Gasteiger partial charge in [-0.1, -0.05) is 31.5 Å². The molecule has 1 aliphatic carbocycles. The van der Waals surface area contributed by atoms with E-state index < -0.39 is 0 Å². The molecule has 0 radical (unpaired) electrons. The maximum absolute atomic E-state index is 5.94. The molecule has 1 aromatic carbocycles. The molecule has 1 heterocycles. The Morgan fingerprint density at radius 2 is 2.00 bits per heavy atom. The highest BCUT2D eigenvalue weighted by atomic mass is 16.5. The maximum Gasteiger partial charge on any atom is 0.223 e. The van der Waals surface area contributed by atoms with Crippen molar-refractivity contribution < 1.29 is 4.74 Å². The molecule has 1 fully saturated rings. The van der Waals surface area contributed by atoms with Crippen LogP contribution >= 0.6 is 0 Å². The van der Waals surface area contributed by atoms with Crippen molar-refractivity contribution in [3.8, 4) is 11.6 Å². The largest absolute Gasteiger partial charge is 0.439 e. The van der Waals surface area contributed by atoms with Gasteiger partial charge < -0.3 is 10.1 Å². The smallest absolute Gasteiger partial charge is 0.223 e. The van der Waals surface area contributed by atoms with Crippen molar-refractivity contribution in [1.82, 2.24) is 10.3 Å². The number of hydrogen-bond donors (Lipinski definition) is 1. The van der Waals surface area contributed by atoms with Gasteiger partial charge in [0, 0.05) is 24.3 Å². The summed E-state index contributed by atoms with van der Waals surface area (Å²) in [6.45, 7) is 3.01. The summed E-state index contributed by atoms with van der Waals surface area (Å²) < 4.78 is 5.94. The van der Waals surface area contributed by atoms with Gasteiger partial charge in [-0.3, -0.25) is 0 Å². The summed E-state index contributed by atoms with van der Waals surface area (Å²) in [5, 5.41) is 3.50. The van der Waals surface area contributed by atoms with E-state index in [1.165, 1.54) is 18.4 Å². The van der Waals surface area contributed by atoms with Crippen LogP contribution in [-0.2, 0) is 13.0 Å². The lowest BCUT2D eigenvalue weighted by Gasteiger charge is -2.11. The Labute approximate surface area is 126 Å². The van der Waals surface area contributed by atoms with Crippen LogP contribution in [0.4, 0.5) is 0 Å². The molecule has 0 saturated heterocycles. The van der Waals surface area contributed by atoms with Gasteiger partial charge in [-0.15, -0.1) is 0 Å². The van der Waals surface area contributed by atoms with Crippen molar-refractivity contribution >= 4 is 0 Å². The second-order valence-electron chi connectivity index (χ2n) is 5.62. The highest BCUT2D eigenvalue weighted by Gasteiger charge is 2.20. The molecule has 21 heavy (non-hydrogen) atoms. The first-order chi connectivity index (χ1) is 10.3. The monoisotopic (exact) mass is 282 g/mol. The van der Waals surface area contributed by atoms with Crippen molar-refractivity contribution in [2.75, 3.05) is 0 Å². The molecule has 1 saturated carbocycles. The highest BCUT2D eigenvalue weighted by Crippen LogP contribution is 2.25. The van der Waals surface area contributed by atoms with Crippen LogP contribution in [0.3, 0.4) is 0 Å². The van der Waals surface area contributed by atoms with Gasteiger partial charge in [0.15, 0.2) is 0 Å². The van der Waals surface area contributed by atoms with E-state index in [0.29, 0.717) is 11.9 Å². The zero-order valence-electron chi connectivity index (χ0n) is 12.5. The third-order valence-corrected chi connectivity index (χ3v) is 3.69. The number of ether oxygens (including phenoxy) is 1. The Morgan fingerprint density at radius 1 is 1.19 bits per heavy atom. The topological polar surface area (TPSA) is 34.1 Å². The normalized spacial score (nSPS) is 14.1. The van der Waals surface area contributed by atoms with Gasteiger partial charge in [0.25, 0.3) is 0 Å². The zero-order valence-corrected chi connectivity index (χ0v) is 12.5. The van der Waals surface area contributed by atoms with Crippen LogP contribution < -0.4 is 10.1 Å². The minimum Gasteiger partial charge on any atom is -0.439 e. The van der Waals surface area contributed by atoms with Gasteiger partial charge in [0.2, 0.25) is 5.88 Å². The predicted octanol–water partition coefficient (Wildman–Crippen LogP) is 4.08. The second kappa shape index (κ2) is 6.72. The fourth-order valence-corrected chi connectivity index (χ4v) is 2.32. The van der Waals surface area contributed by atoms with Gasteiger partial charge >= 0.3 is 0 Å². The quantitative estimate of drug-likeness (QED) is 0.831. The molecule has 0 atom stereocenters. The third kappa shape index (κ3) is 4.05. The van der Waals surface area contributed by atoms with Crippen LogP contribution in [0.2, 0.25) is 0 Å². The molecule has 3 rings (SSSR count). The van der Waals surface area contributed by atoms with Gasteiger partial charge in [-0.05, 0) is 43.0 Å². The first-order valence-corrected chi connectivity index (χ1v) is 7.79. The molecule has 3 nitrogen and oxygen atoms in total. The fourth-order valence-electron chi connectivity index (χ4n) is 2.32. The molecule has 0 aliphatic heterocycles. The minimum atomic E-state index is 0.686. The summed E-state index contributed by atoms with van der Waals surface area (Å²) in [6.07, 6.45) is 6.63. The van der Waals surface area contributed by atoms with E-state index >= 15 is 0 Å². The van der Waals surface area contributed by atoms with Gasteiger partial charge in [-0.2, -0.15) is 0 Å². The molecule has 0 amide bonds. The lowest BCUT2D eigenvalue weighted by Crippen LogP contribution is -2.16. The number of benzene rings is 1. The van der Waals surface area contributed by atoms with Crippen LogP contribution in [0.1, 0.15) is 37.3 Å². The van der Waals surface area contributed by atoms with E-state index in [-0.39, 0.29) is 0 Å². The molecule has 1 aliphatic rings. The van der Waals surface area contributed by atoms with E-state index in [9.17, 15) is 0 Å². The lowest BCUT2D eigenvalue weighted by atomic mass is 10.1. The zero-order chi connectivity index (χ0) is 14.5. The van der Waals surface area contributed by atoms with E-state index in [2.05, 4.69) is 35.4 Å². The molecule has 0 spiro atoms. The predicted molar refractivity (Wildman–Crippen MR) is 84.6 cm³/mol. The number of aryl methyl sites for hydroxylation is 1. The van der Waals surface area contributed by atoms with E-state index in [0.717, 1.165) is 30.7 Å². The van der Waals surface area contributed by atoms with Crippen molar-refractivity contribution in [3.05, 3.63) is 53.7 Å². The molecular formula is C18H22N2O. The van der Waals surface area contributed by atoms with Crippen LogP contribution in [0, 0.1) is 0 Å². The Balaban J connectivity index is 1.68. The standard InChI is InChI=1S/C18H22N2O/c1-2-4-14-6-10-17(11-7-14)21-18-15(5-3-12-19-18)13-20-16-8-9-16/h3,5-7,10-12,16,20H,2,4,8-9,13H2,1H3. The van der Waals surface area contributed by atoms with E-state index in [1.807, 2.05) is 18.2 Å². The second-order valence-corrected chi connectivity index (χ2v) is 5.62. The molecule has 0 bridgehead atoms. The molecular weight excluding hydrogens is 260 g/mol. The summed E-state index contributed by atoms with van der Waals surface area (Å²) >= 11 is 0. The molecule has 1 N–H and O–H groups in total. The Morgan fingerprint density at radius 3 is 2.71 bits per heavy atom. The van der Waals surface area contributed by atoms with Crippen LogP contribution in [0.25, 0.3) is 0 Å². The first-order valence-electron chi connectivity index (χ1n) is 7.79. The Bertz CT molecular complexity index is 576. The van der Waals surface area contributed by atoms with E-state index in [4.69, 9.17) is 4.74 Å². The van der Waals surface area contributed by atoms with Gasteiger partial charge in [-0.25, -0.2) is 4.98 Å². The van der Waals surface area contributed by atoms with Gasteiger partial charge in [0.05, 0.1) is 0 Å². The van der Waals surface area contributed by atoms with Crippen LogP contribution in [0.5, 0.6) is 11.6 Å². The molecule has 110 valence electrons. The van der Waals surface area contributed by atoms with Crippen molar-refractivity contribution in [2.24, 2.45) is 0 Å². The van der Waals surface area contributed by atoms with Crippen LogP contribution in [0.15, 0.2) is 42.6 Å². The molecule has 3 heteroatoms. The number of hydrogen-bond acceptors (Lipinski definition) is 3. The van der Waals surface area contributed by atoms with Crippen molar-refractivity contribution in [2.45, 2.75) is 45.2 Å². The average molecular weight is 282 g/mol. The molecule has 1 aromatic heterocycles.